The molecule has 1 aromatic carbocycles. The van der Waals surface area contributed by atoms with Gasteiger partial charge >= 0.3 is 0 Å². The van der Waals surface area contributed by atoms with Crippen LogP contribution >= 0.6 is 24.0 Å². The number of nitrogens with zero attached hydrogens (tertiary/aromatic N) is 1. The minimum atomic E-state index is -0.0113. The molecule has 2 N–H and O–H groups in total. The zero-order chi connectivity index (χ0) is 13.6. The highest BCUT2D eigenvalue weighted by Gasteiger charge is 2.11. The molecular formula is C14H24IN3O. The van der Waals surface area contributed by atoms with Crippen LogP contribution < -0.4 is 15.4 Å². The Morgan fingerprint density at radius 2 is 1.89 bits per heavy atom. The van der Waals surface area contributed by atoms with E-state index in [1.807, 2.05) is 24.3 Å². The molecule has 0 atom stereocenters. The zero-order valence-electron chi connectivity index (χ0n) is 12.3. The number of ether oxygens (including phenoxy) is 1. The van der Waals surface area contributed by atoms with E-state index in [-0.39, 0.29) is 29.5 Å². The number of benzene rings is 1. The normalized spacial score (nSPS) is 11.5. The molecule has 0 aromatic heterocycles. The number of guanidine groups is 1. The average molecular weight is 377 g/mol. The summed E-state index contributed by atoms with van der Waals surface area (Å²) in [5.74, 6) is 1.67. The van der Waals surface area contributed by atoms with E-state index in [1.54, 1.807) is 14.2 Å². The number of rotatable bonds is 3. The summed E-state index contributed by atoms with van der Waals surface area (Å²) in [6.45, 7) is 6.98. The molecule has 0 aliphatic heterocycles. The Morgan fingerprint density at radius 1 is 1.26 bits per heavy atom. The van der Waals surface area contributed by atoms with Gasteiger partial charge in [0.25, 0.3) is 0 Å². The molecule has 0 bridgehead atoms. The van der Waals surface area contributed by atoms with Gasteiger partial charge in [0.05, 0.1) is 7.11 Å². The average Bonchev–Trinajstić information content (AvgIpc) is 2.33. The summed E-state index contributed by atoms with van der Waals surface area (Å²) in [4.78, 5) is 4.20. The second kappa shape index (κ2) is 8.24. The van der Waals surface area contributed by atoms with Crippen LogP contribution in [-0.2, 0) is 6.54 Å². The van der Waals surface area contributed by atoms with E-state index in [4.69, 9.17) is 4.74 Å². The Labute approximate surface area is 133 Å². The summed E-state index contributed by atoms with van der Waals surface area (Å²) < 4.78 is 5.31. The molecule has 0 radical (unpaired) electrons. The summed E-state index contributed by atoms with van der Waals surface area (Å²) in [5, 5.41) is 6.59. The summed E-state index contributed by atoms with van der Waals surface area (Å²) in [5.41, 5.74) is 1.10. The van der Waals surface area contributed by atoms with Gasteiger partial charge < -0.3 is 15.4 Å². The molecule has 0 saturated heterocycles. The first-order valence-corrected chi connectivity index (χ1v) is 6.07. The van der Waals surface area contributed by atoms with Crippen LogP contribution in [-0.4, -0.2) is 25.7 Å². The molecule has 0 fully saturated rings. The zero-order valence-corrected chi connectivity index (χ0v) is 14.6. The van der Waals surface area contributed by atoms with E-state index in [0.29, 0.717) is 6.54 Å². The van der Waals surface area contributed by atoms with Crippen molar-refractivity contribution in [2.24, 2.45) is 4.99 Å². The maximum atomic E-state index is 5.31. The molecule has 19 heavy (non-hydrogen) atoms. The third kappa shape index (κ3) is 6.66. The number of nitrogens with one attached hydrogen (secondary N) is 2. The summed E-state index contributed by atoms with van der Waals surface area (Å²) in [6, 6.07) is 7.96. The van der Waals surface area contributed by atoms with Crippen LogP contribution in [0.2, 0.25) is 0 Å². The Kier molecular flexibility index (Phi) is 7.82. The Bertz CT molecular complexity index is 413. The van der Waals surface area contributed by atoms with Crippen LogP contribution in [0.25, 0.3) is 0 Å². The minimum absolute atomic E-state index is 0. The second-order valence-corrected chi connectivity index (χ2v) is 5.11. The van der Waals surface area contributed by atoms with Crippen LogP contribution in [0.1, 0.15) is 26.3 Å². The molecule has 108 valence electrons. The number of hydrogen-bond donors (Lipinski definition) is 2. The number of methoxy groups -OCH3 is 1. The maximum absolute atomic E-state index is 5.31. The maximum Gasteiger partial charge on any atom is 0.191 e. The highest BCUT2D eigenvalue weighted by atomic mass is 127. The van der Waals surface area contributed by atoms with E-state index in [1.165, 1.54) is 0 Å². The Morgan fingerprint density at radius 3 is 2.42 bits per heavy atom. The fourth-order valence-electron chi connectivity index (χ4n) is 1.56. The number of halogens is 1. The molecule has 0 amide bonds. The molecule has 0 heterocycles. The van der Waals surface area contributed by atoms with Crippen molar-refractivity contribution in [3.63, 3.8) is 0 Å². The first kappa shape index (κ1) is 18.0. The van der Waals surface area contributed by atoms with Gasteiger partial charge in [0, 0.05) is 24.7 Å². The highest BCUT2D eigenvalue weighted by molar-refractivity contribution is 14.0. The van der Waals surface area contributed by atoms with Gasteiger partial charge in [0.15, 0.2) is 5.96 Å². The Balaban J connectivity index is 0.00000324. The van der Waals surface area contributed by atoms with Crippen LogP contribution in [0.5, 0.6) is 5.75 Å². The van der Waals surface area contributed by atoms with Gasteiger partial charge in [0.2, 0.25) is 0 Å². The molecule has 4 nitrogen and oxygen atoms in total. The van der Waals surface area contributed by atoms with Gasteiger partial charge in [-0.1, -0.05) is 18.2 Å². The first-order chi connectivity index (χ1) is 8.46. The van der Waals surface area contributed by atoms with Crippen LogP contribution in [0.15, 0.2) is 29.3 Å². The third-order valence-electron chi connectivity index (χ3n) is 2.36. The van der Waals surface area contributed by atoms with Crippen molar-refractivity contribution in [1.82, 2.24) is 10.6 Å². The van der Waals surface area contributed by atoms with Gasteiger partial charge in [-0.25, -0.2) is 0 Å². The SMILES string of the molecule is CN=C(NCc1ccccc1OC)NC(C)(C)C.I. The van der Waals surface area contributed by atoms with Crippen molar-refractivity contribution >= 4 is 29.9 Å². The minimum Gasteiger partial charge on any atom is -0.496 e. The molecule has 0 spiro atoms. The lowest BCUT2D eigenvalue weighted by atomic mass is 10.1. The lowest BCUT2D eigenvalue weighted by molar-refractivity contribution is 0.409. The lowest BCUT2D eigenvalue weighted by Gasteiger charge is -2.24. The van der Waals surface area contributed by atoms with Crippen molar-refractivity contribution < 1.29 is 4.74 Å². The predicted octanol–water partition coefficient (Wildman–Crippen LogP) is 2.78. The second-order valence-electron chi connectivity index (χ2n) is 5.11. The van der Waals surface area contributed by atoms with Gasteiger partial charge in [-0.3, -0.25) is 4.99 Å². The molecule has 0 unspecified atom stereocenters. The predicted molar refractivity (Wildman–Crippen MR) is 91.5 cm³/mol. The van der Waals surface area contributed by atoms with E-state index >= 15 is 0 Å². The van der Waals surface area contributed by atoms with Crippen LogP contribution in [0.3, 0.4) is 0 Å². The molecule has 1 rings (SSSR count). The number of para-hydroxylation sites is 1. The standard InChI is InChI=1S/C14H23N3O.HI/c1-14(2,3)17-13(15-4)16-10-11-8-6-7-9-12(11)18-5;/h6-9H,10H2,1-5H3,(H2,15,16,17);1H. The van der Waals surface area contributed by atoms with Crippen LogP contribution in [0, 0.1) is 0 Å². The highest BCUT2D eigenvalue weighted by Crippen LogP contribution is 2.16. The quantitative estimate of drug-likeness (QED) is 0.484. The van der Waals surface area contributed by atoms with E-state index < -0.39 is 0 Å². The molecule has 5 heteroatoms. The molecular weight excluding hydrogens is 353 g/mol. The number of aliphatic imine (C=N–C) groups is 1. The van der Waals surface area contributed by atoms with Gasteiger partial charge in [0.1, 0.15) is 5.75 Å². The van der Waals surface area contributed by atoms with Gasteiger partial charge in [-0.15, -0.1) is 24.0 Å². The fraction of sp³-hybridized carbons (Fsp3) is 0.500. The number of hydrogen-bond acceptors (Lipinski definition) is 2. The molecule has 0 saturated carbocycles. The van der Waals surface area contributed by atoms with E-state index in [0.717, 1.165) is 17.3 Å². The van der Waals surface area contributed by atoms with Crippen molar-refractivity contribution in [1.29, 1.82) is 0 Å². The van der Waals surface area contributed by atoms with Crippen molar-refractivity contribution in [2.75, 3.05) is 14.2 Å². The third-order valence-corrected chi connectivity index (χ3v) is 2.36. The fourth-order valence-corrected chi connectivity index (χ4v) is 1.56. The van der Waals surface area contributed by atoms with E-state index in [9.17, 15) is 0 Å². The largest absolute Gasteiger partial charge is 0.496 e. The summed E-state index contributed by atoms with van der Waals surface area (Å²) >= 11 is 0. The van der Waals surface area contributed by atoms with Crippen LogP contribution in [0.4, 0.5) is 0 Å². The van der Waals surface area contributed by atoms with Gasteiger partial charge in [-0.2, -0.15) is 0 Å². The molecule has 1 aromatic rings. The van der Waals surface area contributed by atoms with Crippen molar-refractivity contribution in [3.8, 4) is 5.75 Å². The summed E-state index contributed by atoms with van der Waals surface area (Å²) in [6.07, 6.45) is 0. The Hall–Kier alpha value is -0.980. The monoisotopic (exact) mass is 377 g/mol. The molecule has 0 aliphatic rings. The topological polar surface area (TPSA) is 45.7 Å². The summed E-state index contributed by atoms with van der Waals surface area (Å²) in [7, 11) is 3.45. The van der Waals surface area contributed by atoms with Crippen molar-refractivity contribution in [3.05, 3.63) is 29.8 Å². The molecule has 0 aliphatic carbocycles. The van der Waals surface area contributed by atoms with Crippen molar-refractivity contribution in [2.45, 2.75) is 32.9 Å². The van der Waals surface area contributed by atoms with Gasteiger partial charge in [-0.05, 0) is 26.8 Å². The van der Waals surface area contributed by atoms with E-state index in [2.05, 4.69) is 36.4 Å². The smallest absolute Gasteiger partial charge is 0.191 e. The first-order valence-electron chi connectivity index (χ1n) is 6.07. The lowest BCUT2D eigenvalue weighted by Crippen LogP contribution is -2.47.